The summed E-state index contributed by atoms with van der Waals surface area (Å²) in [6.07, 6.45) is -0.954. The molecular formula is C31H32F3N3O2. The number of hydrogen-bond donors (Lipinski definition) is 2. The first kappa shape index (κ1) is 26.8. The highest BCUT2D eigenvalue weighted by Crippen LogP contribution is 2.50. The van der Waals surface area contributed by atoms with Gasteiger partial charge in [0, 0.05) is 30.9 Å². The van der Waals surface area contributed by atoms with Crippen molar-refractivity contribution in [1.82, 2.24) is 10.6 Å². The van der Waals surface area contributed by atoms with Gasteiger partial charge in [-0.3, -0.25) is 9.59 Å². The summed E-state index contributed by atoms with van der Waals surface area (Å²) in [6, 6.07) is 18.5. The fourth-order valence-electron chi connectivity index (χ4n) is 5.61. The first-order valence-corrected chi connectivity index (χ1v) is 13.5. The second kappa shape index (κ2) is 11.1. The molecule has 8 heteroatoms. The Kier molecular flexibility index (Phi) is 7.64. The number of carbonyl (C=O) groups excluding carboxylic acids is 2. The normalized spacial score (nSPS) is 15.8. The van der Waals surface area contributed by atoms with Crippen LogP contribution in [0.3, 0.4) is 0 Å². The number of benzene rings is 3. The molecule has 39 heavy (non-hydrogen) atoms. The van der Waals surface area contributed by atoms with Gasteiger partial charge in [-0.25, -0.2) is 0 Å². The molecule has 3 aromatic carbocycles. The van der Waals surface area contributed by atoms with Crippen molar-refractivity contribution in [2.45, 2.75) is 51.2 Å². The molecule has 0 saturated carbocycles. The summed E-state index contributed by atoms with van der Waals surface area (Å²) in [4.78, 5) is 28.5. The Morgan fingerprint density at radius 2 is 1.69 bits per heavy atom. The lowest BCUT2D eigenvalue weighted by Gasteiger charge is -2.38. The van der Waals surface area contributed by atoms with Crippen LogP contribution in [0.15, 0.2) is 60.7 Å². The van der Waals surface area contributed by atoms with Gasteiger partial charge in [0.1, 0.15) is 6.54 Å². The molecule has 2 N–H and O–H groups in total. The molecule has 0 aromatic heterocycles. The zero-order valence-corrected chi connectivity index (χ0v) is 21.9. The highest BCUT2D eigenvalue weighted by Gasteiger charge is 2.39. The summed E-state index contributed by atoms with van der Waals surface area (Å²) in [5, 5.41) is 5.20. The van der Waals surface area contributed by atoms with Crippen LogP contribution in [0, 0.1) is 0 Å². The summed E-state index contributed by atoms with van der Waals surface area (Å²) < 4.78 is 39.1. The number of hydrogen-bond acceptors (Lipinski definition) is 3. The molecule has 1 atom stereocenters. The van der Waals surface area contributed by atoms with Crippen LogP contribution >= 0.6 is 0 Å². The molecule has 1 aliphatic heterocycles. The topological polar surface area (TPSA) is 61.4 Å². The van der Waals surface area contributed by atoms with E-state index in [4.69, 9.17) is 0 Å². The molecule has 1 heterocycles. The lowest BCUT2D eigenvalue weighted by atomic mass is 9.86. The molecule has 204 valence electrons. The third-order valence-corrected chi connectivity index (χ3v) is 7.53. The smallest absolute Gasteiger partial charge is 0.371 e. The number of nitrogens with one attached hydrogen (secondary N) is 2. The number of carbonyl (C=O) groups is 2. The van der Waals surface area contributed by atoms with Gasteiger partial charge in [0.15, 0.2) is 0 Å². The largest absolute Gasteiger partial charge is 0.405 e. The molecule has 0 radical (unpaired) electrons. The second-order valence-corrected chi connectivity index (χ2v) is 10.2. The molecule has 1 fully saturated rings. The highest BCUT2D eigenvalue weighted by atomic mass is 19.4. The van der Waals surface area contributed by atoms with Gasteiger partial charge in [0.2, 0.25) is 5.91 Å². The van der Waals surface area contributed by atoms with Crippen LogP contribution in [-0.4, -0.2) is 37.6 Å². The third kappa shape index (κ3) is 5.51. The summed E-state index contributed by atoms with van der Waals surface area (Å²) in [6.45, 7) is 2.74. The first-order chi connectivity index (χ1) is 18.8. The minimum atomic E-state index is -4.49. The molecule has 1 aliphatic carbocycles. The van der Waals surface area contributed by atoms with Crippen molar-refractivity contribution >= 4 is 17.5 Å². The predicted octanol–water partition coefficient (Wildman–Crippen LogP) is 5.96. The van der Waals surface area contributed by atoms with E-state index in [2.05, 4.69) is 22.5 Å². The maximum atomic E-state index is 13.4. The minimum Gasteiger partial charge on any atom is -0.371 e. The fraction of sp³-hybridized carbons (Fsp3) is 0.355. The number of alkyl halides is 3. The van der Waals surface area contributed by atoms with Gasteiger partial charge in [-0.1, -0.05) is 55.8 Å². The standard InChI is InChI=1S/C31H32F3N3O2/c1-2-3-12-24-26-25(22-13-7-8-14-23(22)27(26)30(39)36-19-31(32,33)34)17-21(28(24)37-15-9-16-37)18-35-29(38)20-10-5-4-6-11-20/h4-8,10-11,13-14,17,27H,2-3,9,12,15-16,18-19H2,1H3,(H,35,38)(H,36,39). The van der Waals surface area contributed by atoms with Crippen LogP contribution in [0.1, 0.15) is 64.7 Å². The Hall–Kier alpha value is -3.81. The molecule has 1 unspecified atom stereocenters. The molecule has 0 spiro atoms. The van der Waals surface area contributed by atoms with E-state index < -0.39 is 24.5 Å². The van der Waals surface area contributed by atoms with Crippen LogP contribution in [0.4, 0.5) is 18.9 Å². The minimum absolute atomic E-state index is 0.175. The number of fused-ring (bicyclic) bond motifs is 3. The fourth-order valence-corrected chi connectivity index (χ4v) is 5.61. The van der Waals surface area contributed by atoms with E-state index >= 15 is 0 Å². The Bertz CT molecular complexity index is 1370. The molecule has 5 nitrogen and oxygen atoms in total. The summed E-state index contributed by atoms with van der Waals surface area (Å²) in [5.74, 6) is -1.64. The average molecular weight is 536 g/mol. The van der Waals surface area contributed by atoms with E-state index in [0.29, 0.717) is 24.1 Å². The van der Waals surface area contributed by atoms with Crippen molar-refractivity contribution in [3.05, 3.63) is 88.5 Å². The number of anilines is 1. The number of unbranched alkanes of at least 4 members (excludes halogenated alkanes) is 1. The number of rotatable bonds is 9. The van der Waals surface area contributed by atoms with Gasteiger partial charge in [-0.15, -0.1) is 0 Å². The lowest BCUT2D eigenvalue weighted by molar-refractivity contribution is -0.138. The van der Waals surface area contributed by atoms with Crippen molar-refractivity contribution in [1.29, 1.82) is 0 Å². The summed E-state index contributed by atoms with van der Waals surface area (Å²) in [7, 11) is 0. The quantitative estimate of drug-likeness (QED) is 0.356. The van der Waals surface area contributed by atoms with E-state index in [1.54, 1.807) is 12.1 Å². The highest BCUT2D eigenvalue weighted by molar-refractivity contribution is 5.99. The van der Waals surface area contributed by atoms with E-state index in [1.807, 2.05) is 48.5 Å². The molecule has 2 aliphatic rings. The van der Waals surface area contributed by atoms with Gasteiger partial charge in [0.05, 0.1) is 5.92 Å². The van der Waals surface area contributed by atoms with Gasteiger partial charge in [0.25, 0.3) is 5.91 Å². The third-order valence-electron chi connectivity index (χ3n) is 7.53. The van der Waals surface area contributed by atoms with Crippen molar-refractivity contribution in [3.63, 3.8) is 0 Å². The monoisotopic (exact) mass is 535 g/mol. The van der Waals surface area contributed by atoms with E-state index in [1.165, 1.54) is 0 Å². The van der Waals surface area contributed by atoms with Crippen molar-refractivity contribution in [2.24, 2.45) is 0 Å². The van der Waals surface area contributed by atoms with Gasteiger partial charge in [-0.2, -0.15) is 13.2 Å². The van der Waals surface area contributed by atoms with Crippen LogP contribution in [0.5, 0.6) is 0 Å². The maximum absolute atomic E-state index is 13.4. The predicted molar refractivity (Wildman–Crippen MR) is 146 cm³/mol. The zero-order chi connectivity index (χ0) is 27.6. The van der Waals surface area contributed by atoms with Gasteiger partial charge in [-0.05, 0) is 70.8 Å². The Labute approximate surface area is 226 Å². The zero-order valence-electron chi connectivity index (χ0n) is 21.9. The Balaban J connectivity index is 1.61. The van der Waals surface area contributed by atoms with Crippen LogP contribution in [0.2, 0.25) is 0 Å². The van der Waals surface area contributed by atoms with Crippen LogP contribution < -0.4 is 15.5 Å². The first-order valence-electron chi connectivity index (χ1n) is 13.5. The summed E-state index contributed by atoms with van der Waals surface area (Å²) >= 11 is 0. The molecule has 3 aromatic rings. The number of halogens is 3. The molecule has 0 bridgehead atoms. The SMILES string of the molecule is CCCCc1c2c(cc(CNC(=O)c3ccccc3)c1N1CCC1)-c1ccccc1C2C(=O)NCC(F)(F)F. The second-order valence-electron chi connectivity index (χ2n) is 10.2. The molecule has 1 saturated heterocycles. The van der Waals surface area contributed by atoms with Gasteiger partial charge >= 0.3 is 6.18 Å². The van der Waals surface area contributed by atoms with E-state index in [-0.39, 0.29) is 5.91 Å². The Morgan fingerprint density at radius 3 is 2.36 bits per heavy atom. The van der Waals surface area contributed by atoms with Crippen molar-refractivity contribution < 1.29 is 22.8 Å². The number of nitrogens with zero attached hydrogens (tertiary/aromatic N) is 1. The van der Waals surface area contributed by atoms with E-state index in [9.17, 15) is 22.8 Å². The van der Waals surface area contributed by atoms with Crippen molar-refractivity contribution in [3.8, 4) is 11.1 Å². The van der Waals surface area contributed by atoms with E-state index in [0.717, 1.165) is 65.9 Å². The molecule has 2 amide bonds. The van der Waals surface area contributed by atoms with Crippen LogP contribution in [-0.2, 0) is 17.8 Å². The van der Waals surface area contributed by atoms with Crippen molar-refractivity contribution in [2.75, 3.05) is 24.5 Å². The molecule has 5 rings (SSSR count). The molecular weight excluding hydrogens is 503 g/mol. The van der Waals surface area contributed by atoms with Gasteiger partial charge < -0.3 is 15.5 Å². The summed E-state index contributed by atoms with van der Waals surface area (Å²) in [5.41, 5.74) is 6.75. The van der Waals surface area contributed by atoms with Crippen LogP contribution in [0.25, 0.3) is 11.1 Å². The maximum Gasteiger partial charge on any atom is 0.405 e. The number of amides is 2. The Morgan fingerprint density at radius 1 is 0.974 bits per heavy atom. The average Bonchev–Trinajstić information content (AvgIpc) is 3.23. The lowest BCUT2D eigenvalue weighted by Crippen LogP contribution is -2.40.